The summed E-state index contributed by atoms with van der Waals surface area (Å²) in [5, 5.41) is 1.90. The van der Waals surface area contributed by atoms with Crippen molar-refractivity contribution < 1.29 is 12.6 Å². The number of hydrazine groups is 2. The SMILES string of the molecule is CC(C)c1cccc(N2C=C(c3ccc(OS(C)(=O)=O)cc3)NN2)c1. The minimum atomic E-state index is -3.52. The molecule has 0 unspecified atom stereocenters. The first-order valence-corrected chi connectivity index (χ1v) is 9.76. The van der Waals surface area contributed by atoms with E-state index in [1.165, 1.54) is 5.56 Å². The van der Waals surface area contributed by atoms with Crippen LogP contribution in [0.1, 0.15) is 30.9 Å². The van der Waals surface area contributed by atoms with Gasteiger partial charge in [-0.2, -0.15) is 8.42 Å². The Morgan fingerprint density at radius 2 is 1.80 bits per heavy atom. The second kappa shape index (κ2) is 6.78. The number of nitrogens with one attached hydrogen (secondary N) is 2. The van der Waals surface area contributed by atoms with Crippen molar-refractivity contribution in [3.05, 3.63) is 65.9 Å². The average molecular weight is 359 g/mol. The third-order valence-corrected chi connectivity index (χ3v) is 4.29. The first kappa shape index (κ1) is 17.3. The van der Waals surface area contributed by atoms with Crippen LogP contribution in [-0.4, -0.2) is 14.7 Å². The van der Waals surface area contributed by atoms with Crippen LogP contribution in [-0.2, 0) is 10.1 Å². The Bertz CT molecular complexity index is 890. The molecule has 1 aliphatic heterocycles. The summed E-state index contributed by atoms with van der Waals surface area (Å²) in [6.07, 6.45) is 2.97. The van der Waals surface area contributed by atoms with E-state index in [0.29, 0.717) is 11.7 Å². The summed E-state index contributed by atoms with van der Waals surface area (Å²) in [4.78, 5) is 0. The quantitative estimate of drug-likeness (QED) is 0.800. The lowest BCUT2D eigenvalue weighted by Crippen LogP contribution is -2.36. The summed E-state index contributed by atoms with van der Waals surface area (Å²) in [6.45, 7) is 4.33. The van der Waals surface area contributed by atoms with Crippen molar-refractivity contribution in [3.8, 4) is 5.75 Å². The zero-order valence-electron chi connectivity index (χ0n) is 14.4. The van der Waals surface area contributed by atoms with Gasteiger partial charge in [0.05, 0.1) is 17.6 Å². The molecule has 1 heterocycles. The van der Waals surface area contributed by atoms with E-state index in [1.54, 1.807) is 24.3 Å². The highest BCUT2D eigenvalue weighted by molar-refractivity contribution is 7.86. The molecule has 0 amide bonds. The predicted octanol–water partition coefficient (Wildman–Crippen LogP) is 2.98. The third-order valence-electron chi connectivity index (χ3n) is 3.80. The molecule has 0 spiro atoms. The van der Waals surface area contributed by atoms with Crippen LogP contribution in [0.25, 0.3) is 5.70 Å². The van der Waals surface area contributed by atoms with E-state index in [4.69, 9.17) is 4.18 Å². The summed E-state index contributed by atoms with van der Waals surface area (Å²) in [5.74, 6) is 0.751. The smallest absolute Gasteiger partial charge is 0.306 e. The monoisotopic (exact) mass is 359 g/mol. The van der Waals surface area contributed by atoms with Crippen LogP contribution in [0.15, 0.2) is 54.7 Å². The van der Waals surface area contributed by atoms with Crippen molar-refractivity contribution in [2.75, 3.05) is 11.3 Å². The molecule has 6 nitrogen and oxygen atoms in total. The summed E-state index contributed by atoms with van der Waals surface area (Å²) in [5.41, 5.74) is 10.3. The van der Waals surface area contributed by atoms with Crippen LogP contribution >= 0.6 is 0 Å². The van der Waals surface area contributed by atoms with Crippen LogP contribution in [0, 0.1) is 0 Å². The minimum Gasteiger partial charge on any atom is -0.383 e. The number of anilines is 1. The lowest BCUT2D eigenvalue weighted by atomic mass is 10.0. The Morgan fingerprint density at radius 1 is 1.08 bits per heavy atom. The maximum absolute atomic E-state index is 11.2. The number of benzene rings is 2. The third kappa shape index (κ3) is 4.32. The largest absolute Gasteiger partial charge is 0.383 e. The zero-order valence-corrected chi connectivity index (χ0v) is 15.2. The van der Waals surface area contributed by atoms with Crippen molar-refractivity contribution in [2.45, 2.75) is 19.8 Å². The van der Waals surface area contributed by atoms with E-state index in [0.717, 1.165) is 23.2 Å². The Labute approximate surface area is 148 Å². The topological polar surface area (TPSA) is 70.7 Å². The van der Waals surface area contributed by atoms with E-state index in [9.17, 15) is 8.42 Å². The molecule has 1 aliphatic rings. The van der Waals surface area contributed by atoms with E-state index in [1.807, 2.05) is 23.3 Å². The molecule has 0 radical (unpaired) electrons. The molecule has 0 aliphatic carbocycles. The fourth-order valence-electron chi connectivity index (χ4n) is 2.50. The van der Waals surface area contributed by atoms with Crippen LogP contribution in [0.5, 0.6) is 5.75 Å². The van der Waals surface area contributed by atoms with Crippen LogP contribution in [0.4, 0.5) is 5.69 Å². The van der Waals surface area contributed by atoms with Crippen molar-refractivity contribution in [1.82, 2.24) is 11.0 Å². The summed E-state index contributed by atoms with van der Waals surface area (Å²) in [7, 11) is -3.52. The Balaban J connectivity index is 1.78. The zero-order chi connectivity index (χ0) is 18.0. The standard InChI is InChI=1S/C18H21N3O3S/c1-13(2)15-5-4-6-16(11-15)21-12-18(19-20-21)14-7-9-17(10-8-14)24-25(3,22)23/h4-13,19-20H,1-3H3. The maximum Gasteiger partial charge on any atom is 0.306 e. The highest BCUT2D eigenvalue weighted by Gasteiger charge is 2.15. The number of nitrogens with zero attached hydrogens (tertiary/aromatic N) is 1. The van der Waals surface area contributed by atoms with E-state index in [-0.39, 0.29) is 0 Å². The Kier molecular flexibility index (Phi) is 4.69. The molecule has 0 saturated heterocycles. The first-order valence-electron chi connectivity index (χ1n) is 7.94. The second-order valence-electron chi connectivity index (χ2n) is 6.21. The van der Waals surface area contributed by atoms with Gasteiger partial charge < -0.3 is 9.61 Å². The maximum atomic E-state index is 11.2. The molecule has 0 fully saturated rings. The summed E-state index contributed by atoms with van der Waals surface area (Å²) < 4.78 is 27.2. The van der Waals surface area contributed by atoms with Crippen LogP contribution < -0.4 is 20.2 Å². The van der Waals surface area contributed by atoms with E-state index in [2.05, 4.69) is 36.9 Å². The molecule has 0 bridgehead atoms. The predicted molar refractivity (Wildman–Crippen MR) is 99.2 cm³/mol. The van der Waals surface area contributed by atoms with Crippen LogP contribution in [0.3, 0.4) is 0 Å². The second-order valence-corrected chi connectivity index (χ2v) is 7.79. The van der Waals surface area contributed by atoms with Crippen LogP contribution in [0.2, 0.25) is 0 Å². The number of rotatable bonds is 5. The highest BCUT2D eigenvalue weighted by atomic mass is 32.2. The van der Waals surface area contributed by atoms with Gasteiger partial charge in [-0.25, -0.2) is 0 Å². The van der Waals surface area contributed by atoms with Gasteiger partial charge in [0.1, 0.15) is 5.75 Å². The molecular weight excluding hydrogens is 338 g/mol. The molecular formula is C18H21N3O3S. The lowest BCUT2D eigenvalue weighted by Gasteiger charge is -2.17. The number of hydrogen-bond donors (Lipinski definition) is 2. The molecule has 0 aromatic heterocycles. The van der Waals surface area contributed by atoms with E-state index < -0.39 is 10.1 Å². The van der Waals surface area contributed by atoms with E-state index >= 15 is 0 Å². The molecule has 0 atom stereocenters. The molecule has 3 rings (SSSR count). The molecule has 2 aromatic rings. The Hall–Kier alpha value is -2.51. The van der Waals surface area contributed by atoms with Gasteiger partial charge in [0.2, 0.25) is 0 Å². The fraction of sp³-hybridized carbons (Fsp3) is 0.222. The average Bonchev–Trinajstić information content (AvgIpc) is 3.04. The molecule has 2 N–H and O–H groups in total. The van der Waals surface area contributed by atoms with Crippen molar-refractivity contribution in [3.63, 3.8) is 0 Å². The van der Waals surface area contributed by atoms with Crippen molar-refractivity contribution in [2.24, 2.45) is 0 Å². The van der Waals surface area contributed by atoms with Gasteiger partial charge in [-0.05, 0) is 47.9 Å². The molecule has 25 heavy (non-hydrogen) atoms. The van der Waals surface area contributed by atoms with Gasteiger partial charge in [-0.15, -0.1) is 5.53 Å². The normalized spacial score (nSPS) is 14.4. The van der Waals surface area contributed by atoms with Gasteiger partial charge >= 0.3 is 10.1 Å². The van der Waals surface area contributed by atoms with Gasteiger partial charge in [-0.3, -0.25) is 5.01 Å². The first-order chi connectivity index (χ1) is 11.8. The van der Waals surface area contributed by atoms with Gasteiger partial charge in [-0.1, -0.05) is 26.0 Å². The van der Waals surface area contributed by atoms with Crippen molar-refractivity contribution in [1.29, 1.82) is 0 Å². The van der Waals surface area contributed by atoms with Crippen molar-refractivity contribution >= 4 is 21.5 Å². The molecule has 0 saturated carbocycles. The summed E-state index contributed by atoms with van der Waals surface area (Å²) in [6, 6.07) is 15.2. The van der Waals surface area contributed by atoms with Gasteiger partial charge in [0, 0.05) is 11.8 Å². The molecule has 132 valence electrons. The van der Waals surface area contributed by atoms with Gasteiger partial charge in [0.15, 0.2) is 0 Å². The number of hydrogen-bond acceptors (Lipinski definition) is 6. The Morgan fingerprint density at radius 3 is 2.44 bits per heavy atom. The summed E-state index contributed by atoms with van der Waals surface area (Å²) >= 11 is 0. The van der Waals surface area contributed by atoms with Gasteiger partial charge in [0.25, 0.3) is 0 Å². The fourth-order valence-corrected chi connectivity index (χ4v) is 2.96. The minimum absolute atomic E-state index is 0.291. The molecule has 7 heteroatoms. The lowest BCUT2D eigenvalue weighted by molar-refractivity contribution is 0.493. The highest BCUT2D eigenvalue weighted by Crippen LogP contribution is 2.25. The molecule has 2 aromatic carbocycles.